The molecule has 19 heteroatoms. The molecule has 0 aromatic rings. The van der Waals surface area contributed by atoms with E-state index >= 15 is 0 Å². The molecule has 5 atom stereocenters. The molecular weight excluding hydrogens is 1190 g/mol. The Morgan fingerprint density at radius 1 is 0.300 bits per heavy atom. The number of phosphoric acid groups is 2. The highest BCUT2D eigenvalue weighted by atomic mass is 31.2. The lowest BCUT2D eigenvalue weighted by molar-refractivity contribution is -0.161. The Hall–Kier alpha value is -1.94. The van der Waals surface area contributed by atoms with E-state index in [0.29, 0.717) is 25.7 Å². The Morgan fingerprint density at radius 3 is 0.756 bits per heavy atom. The van der Waals surface area contributed by atoms with Gasteiger partial charge in [-0.1, -0.05) is 317 Å². The van der Waals surface area contributed by atoms with Crippen LogP contribution in [-0.4, -0.2) is 96.7 Å². The van der Waals surface area contributed by atoms with Crippen LogP contribution in [0.2, 0.25) is 0 Å². The summed E-state index contributed by atoms with van der Waals surface area (Å²) in [4.78, 5) is 72.6. The van der Waals surface area contributed by atoms with E-state index in [1.807, 2.05) is 0 Å². The van der Waals surface area contributed by atoms with Gasteiger partial charge in [0.15, 0.2) is 12.2 Å². The summed E-state index contributed by atoms with van der Waals surface area (Å²) in [6.45, 7) is 7.23. The first-order chi connectivity index (χ1) is 43.5. The molecule has 0 fully saturated rings. The van der Waals surface area contributed by atoms with Gasteiger partial charge in [0.05, 0.1) is 26.4 Å². The van der Waals surface area contributed by atoms with E-state index in [2.05, 4.69) is 34.6 Å². The van der Waals surface area contributed by atoms with E-state index in [4.69, 9.17) is 37.0 Å². The van der Waals surface area contributed by atoms with E-state index in [1.165, 1.54) is 193 Å². The molecule has 17 nitrogen and oxygen atoms in total. The first kappa shape index (κ1) is 88.1. The van der Waals surface area contributed by atoms with Crippen molar-refractivity contribution in [2.45, 2.75) is 387 Å². The Labute approximate surface area is 549 Å². The van der Waals surface area contributed by atoms with Crippen LogP contribution < -0.4 is 0 Å². The SMILES string of the molecule is CCCCCCCCCCCCCCCC(=O)OC[C@H](COP(=O)(O)OC[C@@H](O)COP(=O)(O)OC[C@@H](COC(=O)CCCCCCCCCCC(C)C)OC(=O)CCCCCCCCCCCCCCC)OC(=O)CCCCCCCCCCCCCCC. The molecule has 90 heavy (non-hydrogen) atoms. The van der Waals surface area contributed by atoms with Crippen molar-refractivity contribution in [2.75, 3.05) is 39.6 Å². The molecule has 0 aromatic carbocycles. The zero-order valence-corrected chi connectivity index (χ0v) is 60.1. The molecule has 0 heterocycles. The second-order valence-corrected chi connectivity index (χ2v) is 29.0. The Morgan fingerprint density at radius 2 is 0.511 bits per heavy atom. The number of hydrogen-bond donors (Lipinski definition) is 3. The largest absolute Gasteiger partial charge is 0.472 e. The summed E-state index contributed by atoms with van der Waals surface area (Å²) in [7, 11) is -9.90. The number of carbonyl (C=O) groups is 4. The molecular formula is C71H138O17P2. The van der Waals surface area contributed by atoms with E-state index < -0.39 is 97.5 Å². The number of hydrogen-bond acceptors (Lipinski definition) is 15. The van der Waals surface area contributed by atoms with Crippen molar-refractivity contribution in [3.8, 4) is 0 Å². The van der Waals surface area contributed by atoms with Gasteiger partial charge in [-0.2, -0.15) is 0 Å². The molecule has 534 valence electrons. The van der Waals surface area contributed by atoms with Crippen LogP contribution in [0.4, 0.5) is 0 Å². The zero-order valence-electron chi connectivity index (χ0n) is 58.3. The van der Waals surface area contributed by atoms with Gasteiger partial charge >= 0.3 is 39.5 Å². The van der Waals surface area contributed by atoms with Gasteiger partial charge in [0.2, 0.25) is 0 Å². The van der Waals surface area contributed by atoms with E-state index in [-0.39, 0.29) is 25.7 Å². The number of ether oxygens (including phenoxy) is 4. The average molecular weight is 1330 g/mol. The fraction of sp³-hybridized carbons (Fsp3) is 0.944. The number of aliphatic hydroxyl groups is 1. The molecule has 0 rings (SSSR count). The minimum atomic E-state index is -4.95. The predicted octanol–water partition coefficient (Wildman–Crippen LogP) is 20.5. The van der Waals surface area contributed by atoms with E-state index in [0.717, 1.165) is 95.8 Å². The molecule has 2 unspecified atom stereocenters. The lowest BCUT2D eigenvalue weighted by Crippen LogP contribution is -2.30. The van der Waals surface area contributed by atoms with Crippen molar-refractivity contribution in [3.05, 3.63) is 0 Å². The van der Waals surface area contributed by atoms with Crippen molar-refractivity contribution in [1.29, 1.82) is 0 Å². The van der Waals surface area contributed by atoms with E-state index in [9.17, 15) is 43.2 Å². The third kappa shape index (κ3) is 64.8. The van der Waals surface area contributed by atoms with Crippen molar-refractivity contribution in [2.24, 2.45) is 5.92 Å². The quantitative estimate of drug-likeness (QED) is 0.0222. The summed E-state index contributed by atoms with van der Waals surface area (Å²) < 4.78 is 68.3. The molecule has 0 bridgehead atoms. The summed E-state index contributed by atoms with van der Waals surface area (Å²) >= 11 is 0. The summed E-state index contributed by atoms with van der Waals surface area (Å²) in [5.74, 6) is -1.39. The standard InChI is InChI=1S/C71H138O17P2/c1-6-9-12-15-18-21-24-27-30-33-39-44-49-54-68(73)81-60-66(87-70(75)56-51-46-41-34-31-28-25-22-19-16-13-10-7-2)62-85-89(77,78)83-58-65(72)59-84-90(79,80)86-63-67(61-82-69(74)55-50-45-40-37-36-38-43-48-53-64(4)5)88-71(76)57-52-47-42-35-32-29-26-23-20-17-14-11-8-3/h64-67,72H,6-63H2,1-5H3,(H,77,78)(H,79,80)/t65-,66-,67-/m1/s1. The topological polar surface area (TPSA) is 237 Å². The van der Waals surface area contributed by atoms with Crippen LogP contribution in [0.15, 0.2) is 0 Å². The van der Waals surface area contributed by atoms with Gasteiger partial charge in [-0.15, -0.1) is 0 Å². The van der Waals surface area contributed by atoms with Crippen molar-refractivity contribution >= 4 is 39.5 Å². The van der Waals surface area contributed by atoms with Crippen LogP contribution in [-0.2, 0) is 65.4 Å². The van der Waals surface area contributed by atoms with Gasteiger partial charge in [-0.3, -0.25) is 37.3 Å². The normalized spacial score (nSPS) is 14.1. The molecule has 0 saturated heterocycles. The summed E-state index contributed by atoms with van der Waals surface area (Å²) in [6, 6.07) is 0. The highest BCUT2D eigenvalue weighted by Gasteiger charge is 2.30. The van der Waals surface area contributed by atoms with Gasteiger partial charge in [0, 0.05) is 25.7 Å². The summed E-state index contributed by atoms with van der Waals surface area (Å²) in [5.41, 5.74) is 0. The van der Waals surface area contributed by atoms with Crippen LogP contribution >= 0.6 is 15.6 Å². The summed E-state index contributed by atoms with van der Waals surface area (Å²) in [5, 5.41) is 10.6. The molecule has 0 saturated carbocycles. The minimum Gasteiger partial charge on any atom is -0.462 e. The maximum atomic E-state index is 13.0. The number of unbranched alkanes of at least 4 members (excludes halogenated alkanes) is 43. The smallest absolute Gasteiger partial charge is 0.462 e. The first-order valence-corrected chi connectivity index (χ1v) is 40.1. The van der Waals surface area contributed by atoms with Crippen LogP contribution in [0.1, 0.15) is 369 Å². The number of phosphoric ester groups is 2. The fourth-order valence-electron chi connectivity index (χ4n) is 10.8. The number of aliphatic hydroxyl groups excluding tert-OH is 1. The first-order valence-electron chi connectivity index (χ1n) is 37.1. The molecule has 0 amide bonds. The molecule has 0 aliphatic carbocycles. The fourth-order valence-corrected chi connectivity index (χ4v) is 12.4. The third-order valence-electron chi connectivity index (χ3n) is 16.5. The minimum absolute atomic E-state index is 0.107. The van der Waals surface area contributed by atoms with Crippen molar-refractivity contribution in [1.82, 2.24) is 0 Å². The van der Waals surface area contributed by atoms with Crippen molar-refractivity contribution < 1.29 is 80.2 Å². The highest BCUT2D eigenvalue weighted by Crippen LogP contribution is 2.45. The number of rotatable bonds is 71. The highest BCUT2D eigenvalue weighted by molar-refractivity contribution is 7.47. The second kappa shape index (κ2) is 64.4. The molecule has 3 N–H and O–H groups in total. The number of esters is 4. The van der Waals surface area contributed by atoms with Gasteiger partial charge in [0.1, 0.15) is 19.3 Å². The Kier molecular flexibility index (Phi) is 63.0. The third-order valence-corrected chi connectivity index (χ3v) is 18.4. The molecule has 0 radical (unpaired) electrons. The maximum absolute atomic E-state index is 13.0. The monoisotopic (exact) mass is 1320 g/mol. The van der Waals surface area contributed by atoms with Gasteiger partial charge in [-0.25, -0.2) is 9.13 Å². The average Bonchev–Trinajstić information content (AvgIpc) is 2.58. The van der Waals surface area contributed by atoms with Crippen LogP contribution in [0, 0.1) is 5.92 Å². The van der Waals surface area contributed by atoms with Gasteiger partial charge in [0.25, 0.3) is 0 Å². The van der Waals surface area contributed by atoms with Crippen LogP contribution in [0.25, 0.3) is 0 Å². The lowest BCUT2D eigenvalue weighted by atomic mass is 10.0. The zero-order chi connectivity index (χ0) is 66.3. The predicted molar refractivity (Wildman–Crippen MR) is 363 cm³/mol. The van der Waals surface area contributed by atoms with Crippen LogP contribution in [0.3, 0.4) is 0 Å². The van der Waals surface area contributed by atoms with Crippen molar-refractivity contribution in [3.63, 3.8) is 0 Å². The molecule has 0 spiro atoms. The maximum Gasteiger partial charge on any atom is 0.472 e. The Balaban J connectivity index is 5.25. The molecule has 0 aliphatic rings. The number of carbonyl (C=O) groups excluding carboxylic acids is 4. The van der Waals surface area contributed by atoms with Gasteiger partial charge in [-0.05, 0) is 31.6 Å². The second-order valence-electron chi connectivity index (χ2n) is 26.1. The van der Waals surface area contributed by atoms with E-state index in [1.54, 1.807) is 0 Å². The van der Waals surface area contributed by atoms with Crippen LogP contribution in [0.5, 0.6) is 0 Å². The van der Waals surface area contributed by atoms with Gasteiger partial charge < -0.3 is 33.8 Å². The Bertz CT molecular complexity index is 1740. The molecule has 0 aliphatic heterocycles. The molecule has 0 aromatic heterocycles. The summed E-state index contributed by atoms with van der Waals surface area (Å²) in [6.07, 6.45) is 51.1. The lowest BCUT2D eigenvalue weighted by Gasteiger charge is -2.21.